The number of nitrogens with zero attached hydrogens (tertiary/aromatic N) is 2. The van der Waals surface area contributed by atoms with E-state index in [-0.39, 0.29) is 12.2 Å². The second kappa shape index (κ2) is 5.50. The zero-order chi connectivity index (χ0) is 15.6. The average molecular weight is 312 g/mol. The Morgan fingerprint density at radius 1 is 1.48 bits per heavy atom. The predicted molar refractivity (Wildman–Crippen MR) is 72.8 cm³/mol. The van der Waals surface area contributed by atoms with Gasteiger partial charge in [-0.25, -0.2) is 13.1 Å². The Bertz CT molecular complexity index is 784. The highest BCUT2D eigenvalue weighted by atomic mass is 32.2. The number of rotatable bonds is 5. The molecule has 112 valence electrons. The van der Waals surface area contributed by atoms with Gasteiger partial charge in [0.1, 0.15) is 11.4 Å². The molecule has 0 fully saturated rings. The molecule has 0 bridgehead atoms. The molecule has 0 amide bonds. The number of sulfonamides is 1. The van der Waals surface area contributed by atoms with Crippen LogP contribution < -0.4 is 10.5 Å². The molecule has 10 heteroatoms. The van der Waals surface area contributed by atoms with E-state index in [0.29, 0.717) is 11.5 Å². The van der Waals surface area contributed by atoms with Crippen LogP contribution in [0.5, 0.6) is 0 Å². The van der Waals surface area contributed by atoms with Gasteiger partial charge in [0.15, 0.2) is 4.90 Å². The van der Waals surface area contributed by atoms with E-state index in [9.17, 15) is 18.5 Å². The number of aryl methyl sites for hydroxylation is 1. The highest BCUT2D eigenvalue weighted by Gasteiger charge is 2.28. The van der Waals surface area contributed by atoms with Gasteiger partial charge in [0, 0.05) is 6.07 Å². The monoisotopic (exact) mass is 312 g/mol. The Morgan fingerprint density at radius 3 is 2.76 bits per heavy atom. The first kappa shape index (κ1) is 14.9. The average Bonchev–Trinajstić information content (AvgIpc) is 2.82. The molecular weight excluding hydrogens is 300 g/mol. The van der Waals surface area contributed by atoms with Crippen LogP contribution in [0.2, 0.25) is 0 Å². The summed E-state index contributed by atoms with van der Waals surface area (Å²) in [6, 6.07) is 5.26. The van der Waals surface area contributed by atoms with Gasteiger partial charge in [-0.1, -0.05) is 11.2 Å². The minimum Gasteiger partial charge on any atom is -0.393 e. The molecule has 0 saturated heterocycles. The lowest BCUT2D eigenvalue weighted by atomic mass is 10.3. The van der Waals surface area contributed by atoms with Gasteiger partial charge < -0.3 is 10.3 Å². The summed E-state index contributed by atoms with van der Waals surface area (Å²) >= 11 is 0. The maximum atomic E-state index is 12.2. The Kier molecular flexibility index (Phi) is 3.91. The van der Waals surface area contributed by atoms with Crippen LogP contribution in [0, 0.1) is 17.0 Å². The van der Waals surface area contributed by atoms with Gasteiger partial charge >= 0.3 is 5.69 Å². The molecule has 2 rings (SSSR count). The van der Waals surface area contributed by atoms with E-state index in [4.69, 9.17) is 10.3 Å². The molecule has 21 heavy (non-hydrogen) atoms. The van der Waals surface area contributed by atoms with Crippen molar-refractivity contribution in [3.05, 3.63) is 45.8 Å². The van der Waals surface area contributed by atoms with E-state index < -0.39 is 25.5 Å². The standard InChI is InChI=1S/C11H12N4O5S/c1-7-5-8(14-20-7)6-13-21(18,19)10-4-2-3-9(12)11(10)15(16)17/h2-5,13H,6,12H2,1H3. The quantitative estimate of drug-likeness (QED) is 0.475. The first-order chi connectivity index (χ1) is 9.81. The SMILES string of the molecule is Cc1cc(CNS(=O)(=O)c2cccc(N)c2[N+](=O)[O-])no1. The molecular formula is C11H12N4O5S. The van der Waals surface area contributed by atoms with Crippen LogP contribution in [0.4, 0.5) is 11.4 Å². The highest BCUT2D eigenvalue weighted by Crippen LogP contribution is 2.29. The fourth-order valence-electron chi connectivity index (χ4n) is 1.70. The minimum atomic E-state index is -4.10. The van der Waals surface area contributed by atoms with Crippen molar-refractivity contribution in [2.24, 2.45) is 0 Å². The Balaban J connectivity index is 2.32. The Labute approximate surface area is 119 Å². The molecule has 1 aromatic carbocycles. The van der Waals surface area contributed by atoms with Crippen molar-refractivity contribution in [1.29, 1.82) is 0 Å². The van der Waals surface area contributed by atoms with Gasteiger partial charge in [0.25, 0.3) is 0 Å². The topological polar surface area (TPSA) is 141 Å². The normalized spacial score (nSPS) is 11.5. The predicted octanol–water partition coefficient (Wildman–Crippen LogP) is 0.952. The van der Waals surface area contributed by atoms with Crippen molar-refractivity contribution < 1.29 is 17.9 Å². The summed E-state index contributed by atoms with van der Waals surface area (Å²) in [5.41, 5.74) is 4.96. The minimum absolute atomic E-state index is 0.147. The molecule has 0 radical (unpaired) electrons. The number of benzene rings is 1. The van der Waals surface area contributed by atoms with Crippen molar-refractivity contribution >= 4 is 21.4 Å². The van der Waals surface area contributed by atoms with Crippen LogP contribution in [0.15, 0.2) is 33.7 Å². The first-order valence-electron chi connectivity index (χ1n) is 5.76. The number of nitro groups is 1. The van der Waals surface area contributed by atoms with Crippen LogP contribution >= 0.6 is 0 Å². The van der Waals surface area contributed by atoms with Crippen molar-refractivity contribution in [1.82, 2.24) is 9.88 Å². The fraction of sp³-hybridized carbons (Fsp3) is 0.182. The molecule has 0 atom stereocenters. The second-order valence-corrected chi connectivity index (χ2v) is 5.94. The summed E-state index contributed by atoms with van der Waals surface area (Å²) in [4.78, 5) is 9.65. The van der Waals surface area contributed by atoms with E-state index in [0.717, 1.165) is 6.07 Å². The molecule has 3 N–H and O–H groups in total. The van der Waals surface area contributed by atoms with Crippen LogP contribution in [0.3, 0.4) is 0 Å². The van der Waals surface area contributed by atoms with E-state index >= 15 is 0 Å². The largest absolute Gasteiger partial charge is 0.393 e. The van der Waals surface area contributed by atoms with Gasteiger partial charge in [-0.15, -0.1) is 0 Å². The fourth-order valence-corrected chi connectivity index (χ4v) is 2.90. The Morgan fingerprint density at radius 2 is 2.19 bits per heavy atom. The first-order valence-corrected chi connectivity index (χ1v) is 7.24. The zero-order valence-electron chi connectivity index (χ0n) is 10.9. The summed E-state index contributed by atoms with van der Waals surface area (Å²) in [5, 5.41) is 14.6. The Hall–Kier alpha value is -2.46. The zero-order valence-corrected chi connectivity index (χ0v) is 11.8. The number of nitrogen functional groups attached to an aromatic ring is 1. The van der Waals surface area contributed by atoms with Crippen molar-refractivity contribution in [3.63, 3.8) is 0 Å². The maximum absolute atomic E-state index is 12.2. The lowest BCUT2D eigenvalue weighted by molar-refractivity contribution is -0.386. The van der Waals surface area contributed by atoms with Crippen LogP contribution in [0.25, 0.3) is 0 Å². The van der Waals surface area contributed by atoms with E-state index in [1.54, 1.807) is 13.0 Å². The summed E-state index contributed by atoms with van der Waals surface area (Å²) < 4.78 is 31.3. The van der Waals surface area contributed by atoms with Gasteiger partial charge in [-0.05, 0) is 19.1 Å². The number of hydrogen-bond acceptors (Lipinski definition) is 7. The molecule has 0 unspecified atom stereocenters. The number of nitrogens with two attached hydrogens (primary N) is 1. The van der Waals surface area contributed by atoms with Crippen molar-refractivity contribution in [2.75, 3.05) is 5.73 Å². The number of nitrogens with one attached hydrogen (secondary N) is 1. The van der Waals surface area contributed by atoms with Crippen LogP contribution in [-0.2, 0) is 16.6 Å². The molecule has 0 aliphatic heterocycles. The van der Waals surface area contributed by atoms with Gasteiger partial charge in [-0.3, -0.25) is 10.1 Å². The number of para-hydroxylation sites is 1. The summed E-state index contributed by atoms with van der Waals surface area (Å²) in [7, 11) is -4.10. The lowest BCUT2D eigenvalue weighted by Crippen LogP contribution is -2.24. The summed E-state index contributed by atoms with van der Waals surface area (Å²) in [5.74, 6) is 0.527. The second-order valence-electron chi connectivity index (χ2n) is 4.20. The highest BCUT2D eigenvalue weighted by molar-refractivity contribution is 7.89. The smallest absolute Gasteiger partial charge is 0.312 e. The number of anilines is 1. The summed E-state index contributed by atoms with van der Waals surface area (Å²) in [6.07, 6.45) is 0. The van der Waals surface area contributed by atoms with E-state index in [2.05, 4.69) is 9.88 Å². The van der Waals surface area contributed by atoms with Crippen LogP contribution in [-0.4, -0.2) is 18.5 Å². The summed E-state index contributed by atoms with van der Waals surface area (Å²) in [6.45, 7) is 1.51. The number of hydrogen-bond donors (Lipinski definition) is 2. The lowest BCUT2D eigenvalue weighted by Gasteiger charge is -2.07. The molecule has 1 heterocycles. The molecule has 1 aromatic heterocycles. The molecule has 9 nitrogen and oxygen atoms in total. The van der Waals surface area contributed by atoms with Crippen molar-refractivity contribution in [3.8, 4) is 0 Å². The van der Waals surface area contributed by atoms with Gasteiger partial charge in [0.2, 0.25) is 10.0 Å². The van der Waals surface area contributed by atoms with E-state index in [1.165, 1.54) is 12.1 Å². The molecule has 0 aliphatic carbocycles. The third kappa shape index (κ3) is 3.17. The van der Waals surface area contributed by atoms with Gasteiger partial charge in [0.05, 0.1) is 17.2 Å². The molecule has 0 spiro atoms. The molecule has 2 aromatic rings. The van der Waals surface area contributed by atoms with Gasteiger partial charge in [-0.2, -0.15) is 0 Å². The number of nitro benzene ring substituents is 1. The third-order valence-electron chi connectivity index (χ3n) is 2.62. The number of aromatic nitrogens is 1. The molecule has 0 saturated carbocycles. The van der Waals surface area contributed by atoms with Crippen LogP contribution in [0.1, 0.15) is 11.5 Å². The maximum Gasteiger partial charge on any atom is 0.312 e. The van der Waals surface area contributed by atoms with Crippen molar-refractivity contribution in [2.45, 2.75) is 18.4 Å². The molecule has 0 aliphatic rings. The van der Waals surface area contributed by atoms with E-state index in [1.807, 2.05) is 0 Å². The third-order valence-corrected chi connectivity index (χ3v) is 4.06.